The number of halogens is 1. The Bertz CT molecular complexity index is 418. The number of hydrogen-bond acceptors (Lipinski definition) is 5. The van der Waals surface area contributed by atoms with Crippen molar-refractivity contribution in [2.45, 2.75) is 19.1 Å². The van der Waals surface area contributed by atoms with Crippen LogP contribution in [0.4, 0.5) is 0 Å². The first-order valence-electron chi connectivity index (χ1n) is 5.92. The zero-order valence-corrected chi connectivity index (χ0v) is 12.6. The summed E-state index contributed by atoms with van der Waals surface area (Å²) in [7, 11) is 3.06. The number of methoxy groups -OCH3 is 2. The van der Waals surface area contributed by atoms with Gasteiger partial charge >= 0.3 is 0 Å². The van der Waals surface area contributed by atoms with Crippen molar-refractivity contribution in [3.63, 3.8) is 0 Å². The van der Waals surface area contributed by atoms with Gasteiger partial charge in [-0.05, 0) is 24.6 Å². The van der Waals surface area contributed by atoms with Gasteiger partial charge in [0.25, 0.3) is 0 Å². The molecule has 20 heavy (non-hydrogen) atoms. The third-order valence-electron chi connectivity index (χ3n) is 2.64. The summed E-state index contributed by atoms with van der Waals surface area (Å²) in [5.74, 6) is 0.841. The van der Waals surface area contributed by atoms with Crippen molar-refractivity contribution in [2.24, 2.45) is 5.73 Å². The number of hydrogen-bond donors (Lipinski definition) is 3. The number of benzene rings is 1. The van der Waals surface area contributed by atoms with E-state index >= 15 is 0 Å². The van der Waals surface area contributed by atoms with Crippen LogP contribution >= 0.6 is 12.4 Å². The molecule has 2 atom stereocenters. The van der Waals surface area contributed by atoms with Gasteiger partial charge in [-0.2, -0.15) is 0 Å². The predicted octanol–water partition coefficient (Wildman–Crippen LogP) is 0.622. The Morgan fingerprint density at radius 1 is 1.30 bits per heavy atom. The molecular formula is C13H21ClN2O4. The van der Waals surface area contributed by atoms with Gasteiger partial charge in [-0.3, -0.25) is 4.79 Å². The van der Waals surface area contributed by atoms with Crippen molar-refractivity contribution in [3.8, 4) is 11.5 Å². The van der Waals surface area contributed by atoms with E-state index < -0.39 is 12.1 Å². The normalized spacial score (nSPS) is 12.8. The van der Waals surface area contributed by atoms with Crippen molar-refractivity contribution in [2.75, 3.05) is 20.8 Å². The quantitative estimate of drug-likeness (QED) is 0.716. The monoisotopic (exact) mass is 304 g/mol. The van der Waals surface area contributed by atoms with Gasteiger partial charge in [-0.1, -0.05) is 0 Å². The molecule has 6 nitrogen and oxygen atoms in total. The predicted molar refractivity (Wildman–Crippen MR) is 78.4 cm³/mol. The van der Waals surface area contributed by atoms with E-state index in [-0.39, 0.29) is 24.9 Å². The maximum atomic E-state index is 11.3. The molecule has 0 saturated carbocycles. The van der Waals surface area contributed by atoms with E-state index in [2.05, 4.69) is 5.32 Å². The SMILES string of the molecule is COc1cc(OC)cc(C(O)CNC(=O)[C@H](C)N)c1.Cl. The van der Waals surface area contributed by atoms with Gasteiger partial charge in [-0.25, -0.2) is 0 Å². The van der Waals surface area contributed by atoms with Crippen molar-refractivity contribution < 1.29 is 19.4 Å². The Labute approximate surface area is 124 Å². The van der Waals surface area contributed by atoms with Crippen LogP contribution in [-0.4, -0.2) is 37.8 Å². The van der Waals surface area contributed by atoms with Crippen LogP contribution < -0.4 is 20.5 Å². The lowest BCUT2D eigenvalue weighted by Gasteiger charge is -2.15. The van der Waals surface area contributed by atoms with Crippen LogP contribution in [-0.2, 0) is 4.79 Å². The topological polar surface area (TPSA) is 93.8 Å². The molecule has 0 heterocycles. The lowest BCUT2D eigenvalue weighted by atomic mass is 10.1. The van der Waals surface area contributed by atoms with E-state index in [1.165, 1.54) is 14.2 Å². The molecule has 0 aromatic heterocycles. The Balaban J connectivity index is 0.00000361. The van der Waals surface area contributed by atoms with E-state index in [1.807, 2.05) is 0 Å². The molecule has 0 aliphatic carbocycles. The molecular weight excluding hydrogens is 284 g/mol. The second-order valence-electron chi connectivity index (χ2n) is 4.20. The van der Waals surface area contributed by atoms with Crippen LogP contribution in [0.3, 0.4) is 0 Å². The number of nitrogens with two attached hydrogens (primary N) is 1. The number of ether oxygens (including phenoxy) is 2. The second-order valence-corrected chi connectivity index (χ2v) is 4.20. The zero-order chi connectivity index (χ0) is 14.4. The molecule has 1 aromatic carbocycles. The van der Waals surface area contributed by atoms with Gasteiger partial charge < -0.3 is 25.6 Å². The first-order valence-corrected chi connectivity index (χ1v) is 5.92. The van der Waals surface area contributed by atoms with Gasteiger partial charge in [0.2, 0.25) is 5.91 Å². The Morgan fingerprint density at radius 3 is 2.20 bits per heavy atom. The largest absolute Gasteiger partial charge is 0.497 e. The van der Waals surface area contributed by atoms with Crippen molar-refractivity contribution in [1.82, 2.24) is 5.32 Å². The highest BCUT2D eigenvalue weighted by atomic mass is 35.5. The average molecular weight is 305 g/mol. The summed E-state index contributed by atoms with van der Waals surface area (Å²) in [6.45, 7) is 1.66. The molecule has 0 aliphatic heterocycles. The van der Waals surface area contributed by atoms with Crippen LogP contribution in [0.1, 0.15) is 18.6 Å². The Hall–Kier alpha value is -1.50. The summed E-state index contributed by atoms with van der Waals surface area (Å²) in [6.07, 6.45) is -0.855. The fourth-order valence-electron chi connectivity index (χ4n) is 1.50. The van der Waals surface area contributed by atoms with Crippen LogP contribution in [0, 0.1) is 0 Å². The maximum Gasteiger partial charge on any atom is 0.236 e. The molecule has 0 saturated heterocycles. The zero-order valence-electron chi connectivity index (χ0n) is 11.8. The van der Waals surface area contributed by atoms with Gasteiger partial charge in [-0.15, -0.1) is 12.4 Å². The minimum atomic E-state index is -0.855. The Kier molecular flexibility index (Phi) is 7.98. The smallest absolute Gasteiger partial charge is 0.236 e. The number of carbonyl (C=O) groups is 1. The molecule has 4 N–H and O–H groups in total. The number of aliphatic hydroxyl groups excluding tert-OH is 1. The molecule has 0 radical (unpaired) electrons. The lowest BCUT2D eigenvalue weighted by molar-refractivity contribution is -0.122. The van der Waals surface area contributed by atoms with E-state index in [0.717, 1.165) is 0 Å². The molecule has 0 spiro atoms. The van der Waals surface area contributed by atoms with Gasteiger partial charge in [0.1, 0.15) is 11.5 Å². The minimum Gasteiger partial charge on any atom is -0.497 e. The van der Waals surface area contributed by atoms with Crippen LogP contribution in [0.15, 0.2) is 18.2 Å². The van der Waals surface area contributed by atoms with Crippen molar-refractivity contribution in [3.05, 3.63) is 23.8 Å². The average Bonchev–Trinajstić information content (AvgIpc) is 2.43. The maximum absolute atomic E-state index is 11.3. The molecule has 1 amide bonds. The number of nitrogens with one attached hydrogen (secondary N) is 1. The number of aliphatic hydroxyl groups is 1. The summed E-state index contributed by atoms with van der Waals surface area (Å²) < 4.78 is 10.2. The number of rotatable bonds is 6. The third kappa shape index (κ3) is 5.24. The molecule has 7 heteroatoms. The number of amides is 1. The molecule has 0 bridgehead atoms. The van der Waals surface area contributed by atoms with Gasteiger partial charge in [0, 0.05) is 12.6 Å². The molecule has 1 unspecified atom stereocenters. The highest BCUT2D eigenvalue weighted by Crippen LogP contribution is 2.26. The standard InChI is InChI=1S/C13H20N2O4.ClH/c1-8(14)13(17)15-7-12(16)9-4-10(18-2)6-11(5-9)19-3;/h4-6,8,12,16H,7,14H2,1-3H3,(H,15,17);1H/t8-,12?;/m0./s1. The minimum absolute atomic E-state index is 0. The molecule has 1 aromatic rings. The summed E-state index contributed by atoms with van der Waals surface area (Å²) >= 11 is 0. The van der Waals surface area contributed by atoms with Gasteiger partial charge in [0.15, 0.2) is 0 Å². The lowest BCUT2D eigenvalue weighted by Crippen LogP contribution is -2.40. The molecule has 114 valence electrons. The highest BCUT2D eigenvalue weighted by Gasteiger charge is 2.13. The van der Waals surface area contributed by atoms with Crippen LogP contribution in [0.25, 0.3) is 0 Å². The molecule has 0 fully saturated rings. The molecule has 1 rings (SSSR count). The van der Waals surface area contributed by atoms with E-state index in [9.17, 15) is 9.90 Å². The molecule has 0 aliphatic rings. The van der Waals surface area contributed by atoms with E-state index in [4.69, 9.17) is 15.2 Å². The third-order valence-corrected chi connectivity index (χ3v) is 2.64. The Morgan fingerprint density at radius 2 is 1.80 bits per heavy atom. The fourth-order valence-corrected chi connectivity index (χ4v) is 1.50. The summed E-state index contributed by atoms with van der Waals surface area (Å²) in [5, 5.41) is 12.6. The first-order chi connectivity index (χ1) is 8.97. The summed E-state index contributed by atoms with van der Waals surface area (Å²) in [5.41, 5.74) is 6.02. The highest BCUT2D eigenvalue weighted by molar-refractivity contribution is 5.85. The van der Waals surface area contributed by atoms with Crippen molar-refractivity contribution >= 4 is 18.3 Å². The second kappa shape index (κ2) is 8.63. The van der Waals surface area contributed by atoms with Crippen LogP contribution in [0.5, 0.6) is 11.5 Å². The van der Waals surface area contributed by atoms with E-state index in [1.54, 1.807) is 25.1 Å². The summed E-state index contributed by atoms with van der Waals surface area (Å²) in [4.78, 5) is 11.3. The first kappa shape index (κ1) is 18.5. The van der Waals surface area contributed by atoms with Crippen LogP contribution in [0.2, 0.25) is 0 Å². The number of carbonyl (C=O) groups excluding carboxylic acids is 1. The van der Waals surface area contributed by atoms with Gasteiger partial charge in [0.05, 0.1) is 26.4 Å². The van der Waals surface area contributed by atoms with Crippen molar-refractivity contribution in [1.29, 1.82) is 0 Å². The van der Waals surface area contributed by atoms with E-state index in [0.29, 0.717) is 17.1 Å². The fraction of sp³-hybridized carbons (Fsp3) is 0.462. The summed E-state index contributed by atoms with van der Waals surface area (Å²) in [6, 6.07) is 4.47.